The zero-order valence-corrected chi connectivity index (χ0v) is 17.4. The van der Waals surface area contributed by atoms with Gasteiger partial charge in [0.15, 0.2) is 11.7 Å². The summed E-state index contributed by atoms with van der Waals surface area (Å²) >= 11 is 4.83. The number of esters is 2. The first-order valence-corrected chi connectivity index (χ1v) is 9.41. The van der Waals surface area contributed by atoms with Crippen molar-refractivity contribution in [2.45, 2.75) is 20.3 Å². The maximum Gasteiger partial charge on any atom is 0.338 e. The Labute approximate surface area is 178 Å². The predicted octanol–water partition coefficient (Wildman–Crippen LogP) is 0.773. The molecule has 0 spiro atoms. The highest BCUT2D eigenvalue weighted by Crippen LogP contribution is 2.13. The van der Waals surface area contributed by atoms with Crippen molar-refractivity contribution in [2.24, 2.45) is 0 Å². The largest absolute Gasteiger partial charge is 0.484 e. The molecule has 0 saturated heterocycles. The molecule has 0 aliphatic rings. The minimum atomic E-state index is -0.677. The quantitative estimate of drug-likeness (QED) is 0.222. The highest BCUT2D eigenvalue weighted by atomic mass is 32.1. The van der Waals surface area contributed by atoms with Crippen LogP contribution < -0.4 is 20.9 Å². The topological polar surface area (TPSA) is 132 Å². The van der Waals surface area contributed by atoms with Gasteiger partial charge in [-0.15, -0.1) is 0 Å². The smallest absolute Gasteiger partial charge is 0.338 e. The Kier molecular flexibility index (Phi) is 11.2. The van der Waals surface area contributed by atoms with Gasteiger partial charge in [-0.05, 0) is 49.8 Å². The summed E-state index contributed by atoms with van der Waals surface area (Å²) < 4.78 is 14.9. The number of carbonyl (C=O) groups is 4. The van der Waals surface area contributed by atoms with Crippen molar-refractivity contribution in [1.29, 1.82) is 0 Å². The molecule has 0 unspecified atom stereocenters. The molecule has 11 heteroatoms. The van der Waals surface area contributed by atoms with Crippen LogP contribution in [-0.4, -0.2) is 48.7 Å². The number of thiocarbonyl (C=S) groups is 1. The zero-order valence-electron chi connectivity index (χ0n) is 16.6. The second kappa shape index (κ2) is 13.7. The van der Waals surface area contributed by atoms with Crippen molar-refractivity contribution < 1.29 is 33.4 Å². The van der Waals surface area contributed by atoms with E-state index < -0.39 is 23.8 Å². The molecule has 0 saturated carbocycles. The predicted molar refractivity (Wildman–Crippen MR) is 110 cm³/mol. The van der Waals surface area contributed by atoms with Gasteiger partial charge in [0.1, 0.15) is 5.75 Å². The van der Waals surface area contributed by atoms with Gasteiger partial charge in [-0.2, -0.15) is 0 Å². The third-order valence-corrected chi connectivity index (χ3v) is 3.31. The van der Waals surface area contributed by atoms with Gasteiger partial charge in [-0.1, -0.05) is 6.92 Å². The summed E-state index contributed by atoms with van der Waals surface area (Å²) in [5.74, 6) is -1.97. The van der Waals surface area contributed by atoms with Crippen LogP contribution in [0.2, 0.25) is 0 Å². The summed E-state index contributed by atoms with van der Waals surface area (Å²) in [5.41, 5.74) is 4.93. The van der Waals surface area contributed by atoms with Crippen LogP contribution >= 0.6 is 12.2 Å². The minimum absolute atomic E-state index is 0.184. The molecule has 0 fully saturated rings. The number of benzene rings is 1. The molecule has 0 bridgehead atoms. The number of nitrogens with one attached hydrogen (secondary N) is 3. The van der Waals surface area contributed by atoms with E-state index in [1.165, 1.54) is 24.3 Å². The van der Waals surface area contributed by atoms with Crippen molar-refractivity contribution in [3.63, 3.8) is 0 Å². The number of rotatable bonds is 9. The van der Waals surface area contributed by atoms with E-state index in [4.69, 9.17) is 21.7 Å². The van der Waals surface area contributed by atoms with E-state index in [-0.39, 0.29) is 18.3 Å². The molecular formula is C19H23N3O7S. The fourth-order valence-electron chi connectivity index (χ4n) is 1.80. The Morgan fingerprint density at radius 1 is 1.00 bits per heavy atom. The van der Waals surface area contributed by atoms with Gasteiger partial charge in [0.25, 0.3) is 5.91 Å². The molecule has 0 heterocycles. The molecule has 2 amide bonds. The number of ether oxygens (including phenoxy) is 3. The summed E-state index contributed by atoms with van der Waals surface area (Å²) in [4.78, 5) is 46.1. The lowest BCUT2D eigenvalue weighted by atomic mass is 10.2. The molecule has 0 radical (unpaired) electrons. The molecule has 162 valence electrons. The standard InChI is InChI=1S/C19H23N3O7S/c1-3-11-28-18(26)13-5-7-14(8-6-13)29-12-16(24)21-22-19(30)20-15(23)9-10-17(25)27-4-2/h5-10H,3-4,11-12H2,1-2H3,(H,21,24)(H2,20,22,23,30)/b10-9+. The van der Waals surface area contributed by atoms with Gasteiger partial charge in [0.05, 0.1) is 18.8 Å². The Morgan fingerprint density at radius 3 is 2.33 bits per heavy atom. The average molecular weight is 437 g/mol. The highest BCUT2D eigenvalue weighted by Gasteiger charge is 2.08. The van der Waals surface area contributed by atoms with Crippen molar-refractivity contribution >= 4 is 41.1 Å². The molecule has 0 aliphatic carbocycles. The van der Waals surface area contributed by atoms with Gasteiger partial charge in [-0.3, -0.25) is 25.8 Å². The van der Waals surface area contributed by atoms with E-state index in [1.54, 1.807) is 6.92 Å². The minimum Gasteiger partial charge on any atom is -0.484 e. The lowest BCUT2D eigenvalue weighted by molar-refractivity contribution is -0.137. The number of amides is 2. The molecule has 10 nitrogen and oxygen atoms in total. The first-order valence-electron chi connectivity index (χ1n) is 9.00. The van der Waals surface area contributed by atoms with Gasteiger partial charge in [0.2, 0.25) is 5.91 Å². The Balaban J connectivity index is 2.32. The number of hydrogen-bond acceptors (Lipinski definition) is 8. The van der Waals surface area contributed by atoms with Crippen molar-refractivity contribution in [1.82, 2.24) is 16.2 Å². The summed E-state index contributed by atoms with van der Waals surface area (Å²) in [6.45, 7) is 3.72. The Hall–Kier alpha value is -3.47. The first-order chi connectivity index (χ1) is 14.3. The van der Waals surface area contributed by atoms with Gasteiger partial charge in [-0.25, -0.2) is 9.59 Å². The SMILES string of the molecule is CCCOC(=O)c1ccc(OCC(=O)NNC(=S)NC(=O)/C=C/C(=O)OCC)cc1. The van der Waals surface area contributed by atoms with Crippen molar-refractivity contribution in [3.05, 3.63) is 42.0 Å². The number of hydrazine groups is 1. The lowest BCUT2D eigenvalue weighted by Gasteiger charge is -2.11. The van der Waals surface area contributed by atoms with Crippen LogP contribution in [0.5, 0.6) is 5.75 Å². The maximum atomic E-state index is 11.8. The summed E-state index contributed by atoms with van der Waals surface area (Å²) in [6.07, 6.45) is 2.62. The summed E-state index contributed by atoms with van der Waals surface area (Å²) in [7, 11) is 0. The van der Waals surface area contributed by atoms with E-state index in [2.05, 4.69) is 20.9 Å². The van der Waals surface area contributed by atoms with Crippen LogP contribution in [0.15, 0.2) is 36.4 Å². The molecule has 1 rings (SSSR count). The van der Waals surface area contributed by atoms with E-state index in [0.29, 0.717) is 17.9 Å². The maximum absolute atomic E-state index is 11.8. The molecular weight excluding hydrogens is 414 g/mol. The zero-order chi connectivity index (χ0) is 22.4. The third-order valence-electron chi connectivity index (χ3n) is 3.11. The van der Waals surface area contributed by atoms with Crippen LogP contribution in [0, 0.1) is 0 Å². The van der Waals surface area contributed by atoms with Crippen LogP contribution in [0.25, 0.3) is 0 Å². The average Bonchev–Trinajstić information content (AvgIpc) is 2.73. The van der Waals surface area contributed by atoms with Crippen LogP contribution in [0.3, 0.4) is 0 Å². The van der Waals surface area contributed by atoms with Gasteiger partial charge >= 0.3 is 11.9 Å². The fourth-order valence-corrected chi connectivity index (χ4v) is 1.95. The highest BCUT2D eigenvalue weighted by molar-refractivity contribution is 7.80. The monoisotopic (exact) mass is 437 g/mol. The second-order valence-electron chi connectivity index (χ2n) is 5.53. The fraction of sp³-hybridized carbons (Fsp3) is 0.316. The first kappa shape index (κ1) is 24.6. The summed E-state index contributed by atoms with van der Waals surface area (Å²) in [5, 5.41) is 2.04. The molecule has 0 aliphatic heterocycles. The van der Waals surface area contributed by atoms with Crippen LogP contribution in [0.1, 0.15) is 30.6 Å². The molecule has 0 aromatic heterocycles. The van der Waals surface area contributed by atoms with E-state index >= 15 is 0 Å². The molecule has 0 atom stereocenters. The third kappa shape index (κ3) is 10.2. The van der Waals surface area contributed by atoms with Gasteiger partial charge in [0, 0.05) is 12.2 Å². The van der Waals surface area contributed by atoms with E-state index in [1.807, 2.05) is 6.92 Å². The summed E-state index contributed by atoms with van der Waals surface area (Å²) in [6, 6.07) is 6.11. The van der Waals surface area contributed by atoms with Crippen molar-refractivity contribution in [3.8, 4) is 5.75 Å². The Bertz CT molecular complexity index is 794. The van der Waals surface area contributed by atoms with Crippen LogP contribution in [0.4, 0.5) is 0 Å². The molecule has 1 aromatic carbocycles. The number of hydrogen-bond donors (Lipinski definition) is 3. The molecule has 3 N–H and O–H groups in total. The van der Waals surface area contributed by atoms with Crippen LogP contribution in [-0.2, 0) is 23.9 Å². The lowest BCUT2D eigenvalue weighted by Crippen LogP contribution is -2.49. The van der Waals surface area contributed by atoms with Gasteiger partial charge < -0.3 is 14.2 Å². The number of carbonyl (C=O) groups excluding carboxylic acids is 4. The molecule has 1 aromatic rings. The Morgan fingerprint density at radius 2 is 1.70 bits per heavy atom. The molecule has 30 heavy (non-hydrogen) atoms. The normalized spacial score (nSPS) is 10.1. The van der Waals surface area contributed by atoms with Crippen molar-refractivity contribution in [2.75, 3.05) is 19.8 Å². The second-order valence-corrected chi connectivity index (χ2v) is 5.93. The van der Waals surface area contributed by atoms with E-state index in [9.17, 15) is 19.2 Å². The van der Waals surface area contributed by atoms with E-state index in [0.717, 1.165) is 18.6 Å².